The number of hydrogen-bond acceptors (Lipinski definition) is 7. The summed E-state index contributed by atoms with van der Waals surface area (Å²) >= 11 is 0.293. The van der Waals surface area contributed by atoms with Crippen molar-refractivity contribution in [2.45, 2.75) is 75.8 Å². The monoisotopic (exact) mass is 664 g/mol. The molecule has 3 aromatic rings. The van der Waals surface area contributed by atoms with E-state index in [9.17, 15) is 30.8 Å². The highest BCUT2D eigenvalue weighted by atomic mass is 32.2. The number of thiazole rings is 1. The van der Waals surface area contributed by atoms with Crippen LogP contribution in [0, 0.1) is 11.3 Å². The van der Waals surface area contributed by atoms with Crippen LogP contribution in [0.5, 0.6) is 0 Å². The standard InChI is InChI=1S/C30H32F4N6O3S2/c1-17(2)40(45(42,43)26-9-10-38(4)37-26)22-7-5-20-12-24-19(15-36-39(24)23-8-6-21(31)11-18(23)3)13-29(20,14-22)27(41)28-35-16-25(44-28)30(32,33)34/h6,8-12,15-18,22-23H,5,7,13-14H2,1-4H3/t18?,22-,23?,29-/m0/s1. The third-order valence-corrected chi connectivity index (χ3v) is 11.9. The second-order valence-electron chi connectivity index (χ2n) is 12.2. The van der Waals surface area contributed by atoms with Crippen molar-refractivity contribution in [2.75, 3.05) is 0 Å². The minimum Gasteiger partial charge on any atom is -0.290 e. The van der Waals surface area contributed by atoms with Crippen LogP contribution in [-0.2, 0) is 29.7 Å². The molecule has 240 valence electrons. The molecule has 0 spiro atoms. The largest absolute Gasteiger partial charge is 0.427 e. The van der Waals surface area contributed by atoms with Gasteiger partial charge in [-0.1, -0.05) is 18.6 Å². The Morgan fingerprint density at radius 2 is 2.00 bits per heavy atom. The highest BCUT2D eigenvalue weighted by Crippen LogP contribution is 2.52. The fourth-order valence-electron chi connectivity index (χ4n) is 6.88. The number of nitrogens with zero attached hydrogens (tertiary/aromatic N) is 6. The summed E-state index contributed by atoms with van der Waals surface area (Å²) in [5.74, 6) is -1.11. The minimum atomic E-state index is -4.66. The van der Waals surface area contributed by atoms with Gasteiger partial charge in [-0.25, -0.2) is 17.8 Å². The van der Waals surface area contributed by atoms with Gasteiger partial charge in [0.2, 0.25) is 5.78 Å². The third-order valence-electron chi connectivity index (χ3n) is 8.87. The number of ketones is 1. The molecule has 3 aliphatic rings. The Morgan fingerprint density at radius 1 is 1.24 bits per heavy atom. The summed E-state index contributed by atoms with van der Waals surface area (Å²) in [6.45, 7) is 5.37. The molecule has 15 heteroatoms. The SMILES string of the molecule is CC1C=C(F)C=CC1n1ncc2c1C=C1CC[C@H](N(C(C)C)S(=O)(=O)c3ccn(C)n3)C[C@@]1(C(=O)c1ncc(C(F)(F)F)s1)C2. The number of Topliss-reactive ketones (excluding diaryl/α,β-unsaturated/α-hetero) is 1. The number of hydrogen-bond donors (Lipinski definition) is 0. The predicted molar refractivity (Wildman–Crippen MR) is 159 cm³/mol. The van der Waals surface area contributed by atoms with Crippen LogP contribution in [-0.4, -0.2) is 55.1 Å². The molecule has 0 aromatic carbocycles. The molecule has 0 N–H and O–H groups in total. The Morgan fingerprint density at radius 3 is 2.62 bits per heavy atom. The quantitative estimate of drug-likeness (QED) is 0.222. The van der Waals surface area contributed by atoms with E-state index in [-0.39, 0.29) is 40.7 Å². The topological polar surface area (TPSA) is 103 Å². The Kier molecular flexibility index (Phi) is 7.80. The number of fused-ring (bicyclic) bond motifs is 2. The first-order valence-corrected chi connectivity index (χ1v) is 16.8. The highest BCUT2D eigenvalue weighted by Gasteiger charge is 2.53. The maximum Gasteiger partial charge on any atom is 0.427 e. The summed E-state index contributed by atoms with van der Waals surface area (Å²) in [6.07, 6.45) is 6.51. The van der Waals surface area contributed by atoms with Crippen molar-refractivity contribution >= 4 is 33.2 Å². The zero-order valence-electron chi connectivity index (χ0n) is 25.0. The van der Waals surface area contributed by atoms with Crippen LogP contribution in [0.1, 0.15) is 72.0 Å². The second-order valence-corrected chi connectivity index (χ2v) is 15.0. The summed E-state index contributed by atoms with van der Waals surface area (Å²) in [6, 6.07) is -0.00720. The number of rotatable bonds is 7. The average molecular weight is 665 g/mol. The molecule has 4 atom stereocenters. The Hall–Kier alpha value is -3.43. The Bertz CT molecular complexity index is 1850. The molecule has 3 aromatic heterocycles. The van der Waals surface area contributed by atoms with Crippen molar-refractivity contribution in [2.24, 2.45) is 18.4 Å². The van der Waals surface area contributed by atoms with Gasteiger partial charge in [0, 0.05) is 31.2 Å². The fourth-order valence-corrected chi connectivity index (χ4v) is 9.52. The molecular weight excluding hydrogens is 632 g/mol. The van der Waals surface area contributed by atoms with E-state index in [0.29, 0.717) is 41.5 Å². The van der Waals surface area contributed by atoms with Gasteiger partial charge in [-0.2, -0.15) is 27.7 Å². The lowest BCUT2D eigenvalue weighted by molar-refractivity contribution is -0.134. The minimum absolute atomic E-state index is 0.0428. The van der Waals surface area contributed by atoms with Gasteiger partial charge in [0.25, 0.3) is 10.0 Å². The molecule has 0 saturated heterocycles. The van der Waals surface area contributed by atoms with Crippen molar-refractivity contribution in [3.63, 3.8) is 0 Å². The van der Waals surface area contributed by atoms with E-state index in [2.05, 4.69) is 15.2 Å². The van der Waals surface area contributed by atoms with Crippen LogP contribution >= 0.6 is 11.3 Å². The van der Waals surface area contributed by atoms with Crippen molar-refractivity contribution in [3.8, 4) is 0 Å². The number of carbonyl (C=O) groups is 1. The lowest BCUT2D eigenvalue weighted by atomic mass is 9.61. The summed E-state index contributed by atoms with van der Waals surface area (Å²) in [7, 11) is -2.47. The number of allylic oxidation sites excluding steroid dienone is 5. The lowest BCUT2D eigenvalue weighted by Gasteiger charge is -2.47. The molecule has 0 aliphatic heterocycles. The van der Waals surface area contributed by atoms with Gasteiger partial charge in [0.1, 0.15) is 10.7 Å². The second kappa shape index (κ2) is 11.1. The number of carbonyl (C=O) groups excluding carboxylic acids is 1. The van der Waals surface area contributed by atoms with Crippen LogP contribution < -0.4 is 0 Å². The molecule has 1 fully saturated rings. The van der Waals surface area contributed by atoms with E-state index in [4.69, 9.17) is 0 Å². The molecule has 3 aliphatic carbocycles. The van der Waals surface area contributed by atoms with Crippen LogP contribution in [0.15, 0.2) is 59.3 Å². The molecule has 1 saturated carbocycles. The third kappa shape index (κ3) is 5.42. The average Bonchev–Trinajstić information content (AvgIpc) is 3.71. The maximum absolute atomic E-state index is 14.4. The number of aromatic nitrogens is 5. The Labute approximate surface area is 262 Å². The lowest BCUT2D eigenvalue weighted by Crippen LogP contribution is -2.52. The van der Waals surface area contributed by atoms with Gasteiger partial charge in [0.05, 0.1) is 29.5 Å². The molecule has 2 unspecified atom stereocenters. The summed E-state index contributed by atoms with van der Waals surface area (Å²) in [4.78, 5) is 17.4. The Balaban J connectivity index is 1.44. The van der Waals surface area contributed by atoms with Crippen molar-refractivity contribution < 1.29 is 30.8 Å². The van der Waals surface area contributed by atoms with E-state index in [0.717, 1.165) is 5.69 Å². The first kappa shape index (κ1) is 31.5. The molecule has 0 bridgehead atoms. The van der Waals surface area contributed by atoms with Crippen LogP contribution in [0.3, 0.4) is 0 Å². The van der Waals surface area contributed by atoms with Crippen molar-refractivity contribution in [3.05, 3.63) is 75.4 Å². The molecule has 0 amide bonds. The molecule has 0 radical (unpaired) electrons. The summed E-state index contributed by atoms with van der Waals surface area (Å²) in [5, 5.41) is 8.32. The zero-order valence-corrected chi connectivity index (χ0v) is 26.6. The number of alkyl halides is 3. The fraction of sp³-hybridized carbons (Fsp3) is 0.467. The van der Waals surface area contributed by atoms with Gasteiger partial charge >= 0.3 is 6.18 Å². The molecule has 45 heavy (non-hydrogen) atoms. The normalized spacial score (nSPS) is 25.2. The van der Waals surface area contributed by atoms with Gasteiger partial charge in [0.15, 0.2) is 10.0 Å². The van der Waals surface area contributed by atoms with Gasteiger partial charge in [-0.15, -0.1) is 11.3 Å². The maximum atomic E-state index is 14.4. The van der Waals surface area contributed by atoms with E-state index in [1.807, 2.05) is 13.0 Å². The highest BCUT2D eigenvalue weighted by molar-refractivity contribution is 7.89. The van der Waals surface area contributed by atoms with E-state index in [1.54, 1.807) is 37.8 Å². The van der Waals surface area contributed by atoms with Crippen molar-refractivity contribution in [1.82, 2.24) is 28.9 Å². The van der Waals surface area contributed by atoms with E-state index >= 15 is 0 Å². The molecular formula is C30H32F4N6O3S2. The van der Waals surface area contributed by atoms with Gasteiger partial charge in [-0.3, -0.25) is 14.2 Å². The number of sulfonamides is 1. The van der Waals surface area contributed by atoms with Crippen LogP contribution in [0.25, 0.3) is 6.08 Å². The zero-order chi connectivity index (χ0) is 32.5. The van der Waals surface area contributed by atoms with Crippen molar-refractivity contribution in [1.29, 1.82) is 0 Å². The molecule has 3 heterocycles. The first-order valence-electron chi connectivity index (χ1n) is 14.6. The number of halogens is 4. The smallest absolute Gasteiger partial charge is 0.290 e. The predicted octanol–water partition coefficient (Wildman–Crippen LogP) is 6.15. The van der Waals surface area contributed by atoms with Gasteiger partial charge < -0.3 is 0 Å². The van der Waals surface area contributed by atoms with Crippen LogP contribution in [0.2, 0.25) is 0 Å². The van der Waals surface area contributed by atoms with Crippen LogP contribution in [0.4, 0.5) is 17.6 Å². The summed E-state index contributed by atoms with van der Waals surface area (Å²) in [5.41, 5.74) is 0.771. The first-order chi connectivity index (χ1) is 21.1. The number of aryl methyl sites for hydroxylation is 1. The van der Waals surface area contributed by atoms with Gasteiger partial charge in [-0.05, 0) is 69.4 Å². The molecule has 6 rings (SSSR count). The molecule has 9 nitrogen and oxygen atoms in total. The van der Waals surface area contributed by atoms with E-state index in [1.165, 1.54) is 33.4 Å². The van der Waals surface area contributed by atoms with E-state index < -0.39 is 44.4 Å². The summed E-state index contributed by atoms with van der Waals surface area (Å²) < 4.78 is 86.9.